The third kappa shape index (κ3) is 3.27. The van der Waals surface area contributed by atoms with Gasteiger partial charge in [0.15, 0.2) is 0 Å². The summed E-state index contributed by atoms with van der Waals surface area (Å²) in [6, 6.07) is -1.71. The molecular formula is C8H8F5NO3. The summed E-state index contributed by atoms with van der Waals surface area (Å²) in [6.45, 7) is 0. The van der Waals surface area contributed by atoms with E-state index in [0.717, 1.165) is 0 Å². The molecule has 0 saturated heterocycles. The van der Waals surface area contributed by atoms with Gasteiger partial charge in [0, 0.05) is 18.9 Å². The minimum Gasteiger partial charge on any atom is -0.481 e. The first-order valence-electron chi connectivity index (χ1n) is 4.51. The lowest BCUT2D eigenvalue weighted by Gasteiger charge is -2.17. The Balaban J connectivity index is 2.76. The van der Waals surface area contributed by atoms with Gasteiger partial charge in [-0.1, -0.05) is 0 Å². The van der Waals surface area contributed by atoms with Crippen LogP contribution in [-0.2, 0) is 9.59 Å². The summed E-state index contributed by atoms with van der Waals surface area (Å²) >= 11 is 0. The monoisotopic (exact) mass is 261 g/mol. The Morgan fingerprint density at radius 1 is 1.24 bits per heavy atom. The zero-order valence-corrected chi connectivity index (χ0v) is 8.22. The van der Waals surface area contributed by atoms with Crippen molar-refractivity contribution in [3.05, 3.63) is 0 Å². The highest BCUT2D eigenvalue weighted by Crippen LogP contribution is 2.39. The lowest BCUT2D eigenvalue weighted by atomic mass is 10.0. The molecular weight excluding hydrogens is 253 g/mol. The van der Waals surface area contributed by atoms with Gasteiger partial charge in [-0.3, -0.25) is 9.59 Å². The minimum absolute atomic E-state index is 1.08. The fraction of sp³-hybridized carbons (Fsp3) is 0.750. The Morgan fingerprint density at radius 2 is 1.76 bits per heavy atom. The molecule has 98 valence electrons. The van der Waals surface area contributed by atoms with Crippen molar-refractivity contribution in [1.29, 1.82) is 0 Å². The predicted molar refractivity (Wildman–Crippen MR) is 43.3 cm³/mol. The smallest absolute Gasteiger partial charge is 0.471 e. The van der Waals surface area contributed by atoms with Crippen LogP contribution in [0.2, 0.25) is 0 Å². The van der Waals surface area contributed by atoms with Crippen molar-refractivity contribution in [2.24, 2.45) is 5.92 Å². The third-order valence-electron chi connectivity index (χ3n) is 2.41. The van der Waals surface area contributed by atoms with Crippen molar-refractivity contribution < 1.29 is 36.6 Å². The standard InChI is InChI=1S/C8H8F5NO3/c9-7(10)1-3(5(15)16)4(2-7)14-6(17)8(11,12)13/h3-4H,1-2H2,(H,14,17)(H,15,16)/t3-,4-/m1/s1. The molecule has 1 rings (SSSR count). The number of carboxylic acid groups (broad SMARTS) is 1. The number of carbonyl (C=O) groups excluding carboxylic acids is 1. The molecule has 1 saturated carbocycles. The van der Waals surface area contributed by atoms with Crippen molar-refractivity contribution in [3.8, 4) is 0 Å². The average Bonchev–Trinajstić information content (AvgIpc) is 2.39. The second-order valence-corrected chi connectivity index (χ2v) is 3.79. The molecule has 1 aliphatic rings. The molecule has 0 aromatic carbocycles. The average molecular weight is 261 g/mol. The van der Waals surface area contributed by atoms with Crippen LogP contribution in [-0.4, -0.2) is 35.1 Å². The summed E-state index contributed by atoms with van der Waals surface area (Å²) in [4.78, 5) is 21.1. The number of nitrogens with one attached hydrogen (secondary N) is 1. The van der Waals surface area contributed by atoms with Gasteiger partial charge in [0.25, 0.3) is 5.92 Å². The third-order valence-corrected chi connectivity index (χ3v) is 2.41. The maximum atomic E-state index is 12.9. The highest BCUT2D eigenvalue weighted by molar-refractivity contribution is 5.83. The Kier molecular flexibility index (Phi) is 3.30. The molecule has 4 nitrogen and oxygen atoms in total. The molecule has 0 aromatic heterocycles. The minimum atomic E-state index is -5.22. The Hall–Kier alpha value is -1.41. The maximum absolute atomic E-state index is 12.9. The molecule has 1 fully saturated rings. The molecule has 0 bridgehead atoms. The second kappa shape index (κ2) is 4.11. The summed E-state index contributed by atoms with van der Waals surface area (Å²) in [5, 5.41) is 9.85. The van der Waals surface area contributed by atoms with Gasteiger partial charge in [0.05, 0.1) is 5.92 Å². The van der Waals surface area contributed by atoms with Crippen LogP contribution in [0.15, 0.2) is 0 Å². The second-order valence-electron chi connectivity index (χ2n) is 3.79. The number of carboxylic acids is 1. The van der Waals surface area contributed by atoms with Crippen LogP contribution in [0.5, 0.6) is 0 Å². The van der Waals surface area contributed by atoms with Gasteiger partial charge in [-0.05, 0) is 0 Å². The molecule has 1 amide bonds. The lowest BCUT2D eigenvalue weighted by molar-refractivity contribution is -0.175. The highest BCUT2D eigenvalue weighted by atomic mass is 19.4. The molecule has 0 aromatic rings. The molecule has 17 heavy (non-hydrogen) atoms. The number of aliphatic carboxylic acids is 1. The van der Waals surface area contributed by atoms with Gasteiger partial charge >= 0.3 is 18.1 Å². The van der Waals surface area contributed by atoms with E-state index in [1.807, 2.05) is 0 Å². The summed E-state index contributed by atoms with van der Waals surface area (Å²) in [7, 11) is 0. The largest absolute Gasteiger partial charge is 0.481 e. The van der Waals surface area contributed by atoms with Gasteiger partial charge in [-0.25, -0.2) is 8.78 Å². The molecule has 0 spiro atoms. The molecule has 2 N–H and O–H groups in total. The van der Waals surface area contributed by atoms with Crippen LogP contribution in [0.3, 0.4) is 0 Å². The van der Waals surface area contributed by atoms with Crippen molar-refractivity contribution in [2.75, 3.05) is 0 Å². The predicted octanol–water partition coefficient (Wildman–Crippen LogP) is 1.16. The van der Waals surface area contributed by atoms with Gasteiger partial charge in [-0.15, -0.1) is 0 Å². The van der Waals surface area contributed by atoms with E-state index in [0.29, 0.717) is 0 Å². The fourth-order valence-electron chi connectivity index (χ4n) is 1.67. The van der Waals surface area contributed by atoms with Crippen molar-refractivity contribution in [2.45, 2.75) is 31.0 Å². The van der Waals surface area contributed by atoms with E-state index < -0.39 is 48.8 Å². The quantitative estimate of drug-likeness (QED) is 0.733. The summed E-state index contributed by atoms with van der Waals surface area (Å²) in [5.74, 6) is -9.16. The van der Waals surface area contributed by atoms with Gasteiger partial charge in [0.1, 0.15) is 0 Å². The van der Waals surface area contributed by atoms with Crippen molar-refractivity contribution in [3.63, 3.8) is 0 Å². The molecule has 0 aliphatic heterocycles. The van der Waals surface area contributed by atoms with Gasteiger partial charge in [-0.2, -0.15) is 13.2 Å². The van der Waals surface area contributed by atoms with Crippen LogP contribution in [0.25, 0.3) is 0 Å². The summed E-state index contributed by atoms with van der Waals surface area (Å²) in [6.07, 6.45) is -7.40. The van der Waals surface area contributed by atoms with E-state index in [1.165, 1.54) is 5.32 Å². The van der Waals surface area contributed by atoms with Gasteiger partial charge < -0.3 is 10.4 Å². The normalized spacial score (nSPS) is 27.8. The van der Waals surface area contributed by atoms with Gasteiger partial charge in [0.2, 0.25) is 0 Å². The van der Waals surface area contributed by atoms with E-state index in [1.54, 1.807) is 0 Å². The van der Waals surface area contributed by atoms with Crippen LogP contribution in [0, 0.1) is 5.92 Å². The van der Waals surface area contributed by atoms with Crippen molar-refractivity contribution in [1.82, 2.24) is 5.32 Å². The first kappa shape index (κ1) is 13.7. The fourth-order valence-corrected chi connectivity index (χ4v) is 1.67. The SMILES string of the molecule is O=C(O)[C@@H]1CC(F)(F)C[C@H]1NC(=O)C(F)(F)F. The van der Waals surface area contributed by atoms with Crippen LogP contribution >= 0.6 is 0 Å². The zero-order chi connectivity index (χ0) is 13.4. The number of alkyl halides is 5. The van der Waals surface area contributed by atoms with E-state index in [9.17, 15) is 31.5 Å². The zero-order valence-electron chi connectivity index (χ0n) is 8.22. The lowest BCUT2D eigenvalue weighted by Crippen LogP contribution is -2.46. The number of hydrogen-bond donors (Lipinski definition) is 2. The molecule has 0 unspecified atom stereocenters. The highest BCUT2D eigenvalue weighted by Gasteiger charge is 2.52. The van der Waals surface area contributed by atoms with E-state index >= 15 is 0 Å². The van der Waals surface area contributed by atoms with Crippen LogP contribution in [0.4, 0.5) is 22.0 Å². The van der Waals surface area contributed by atoms with E-state index in [2.05, 4.69) is 0 Å². The summed E-state index contributed by atoms with van der Waals surface area (Å²) in [5.41, 5.74) is 0. The summed E-state index contributed by atoms with van der Waals surface area (Å²) < 4.78 is 61.3. The van der Waals surface area contributed by atoms with Crippen LogP contribution in [0.1, 0.15) is 12.8 Å². The number of hydrogen-bond acceptors (Lipinski definition) is 2. The Labute approximate surface area is 91.8 Å². The molecule has 0 heterocycles. The molecule has 1 aliphatic carbocycles. The number of rotatable bonds is 2. The maximum Gasteiger partial charge on any atom is 0.471 e. The molecule has 9 heteroatoms. The topological polar surface area (TPSA) is 66.4 Å². The molecule has 2 atom stereocenters. The first-order valence-corrected chi connectivity index (χ1v) is 4.51. The number of halogens is 5. The Morgan fingerprint density at radius 3 is 2.18 bits per heavy atom. The molecule has 0 radical (unpaired) electrons. The number of carbonyl (C=O) groups is 2. The van der Waals surface area contributed by atoms with E-state index in [-0.39, 0.29) is 0 Å². The first-order chi connectivity index (χ1) is 7.53. The van der Waals surface area contributed by atoms with E-state index in [4.69, 9.17) is 5.11 Å². The number of amides is 1. The van der Waals surface area contributed by atoms with Crippen molar-refractivity contribution >= 4 is 11.9 Å². The Bertz CT molecular complexity index is 341. The van der Waals surface area contributed by atoms with Crippen LogP contribution < -0.4 is 5.32 Å².